The Morgan fingerprint density at radius 1 is 1.45 bits per heavy atom. The Labute approximate surface area is 119 Å². The summed E-state index contributed by atoms with van der Waals surface area (Å²) in [5, 5.41) is 3.42. The topological polar surface area (TPSA) is 39.1 Å². The number of nitrogens with zero attached hydrogens (tertiary/aromatic N) is 2. The maximum absolute atomic E-state index is 5.91. The maximum Gasteiger partial charge on any atom is 0.126 e. The molecule has 4 nitrogen and oxygen atoms in total. The summed E-state index contributed by atoms with van der Waals surface area (Å²) in [6.45, 7) is 3.82. The van der Waals surface area contributed by atoms with E-state index < -0.39 is 0 Å². The minimum Gasteiger partial charge on any atom is -0.493 e. The van der Waals surface area contributed by atoms with Gasteiger partial charge >= 0.3 is 0 Å². The van der Waals surface area contributed by atoms with Crippen molar-refractivity contribution in [1.29, 1.82) is 0 Å². The lowest BCUT2D eigenvalue weighted by Crippen LogP contribution is -2.35. The normalized spacial score (nSPS) is 19.2. The first-order valence-electron chi connectivity index (χ1n) is 7.22. The molecule has 1 aliphatic rings. The zero-order valence-corrected chi connectivity index (χ0v) is 12.0. The molecule has 0 amide bonds. The second-order valence-electron chi connectivity index (χ2n) is 5.22. The van der Waals surface area contributed by atoms with Crippen LogP contribution in [0.1, 0.15) is 24.4 Å². The van der Waals surface area contributed by atoms with Crippen LogP contribution in [0.15, 0.2) is 36.7 Å². The van der Waals surface area contributed by atoms with Crippen molar-refractivity contribution in [2.75, 3.05) is 13.7 Å². The molecule has 1 aliphatic heterocycles. The molecule has 0 bridgehead atoms. The van der Waals surface area contributed by atoms with Crippen LogP contribution in [0.5, 0.6) is 5.75 Å². The zero-order valence-electron chi connectivity index (χ0n) is 12.0. The van der Waals surface area contributed by atoms with E-state index in [1.54, 1.807) is 0 Å². The summed E-state index contributed by atoms with van der Waals surface area (Å²) in [5.41, 5.74) is 1.29. The van der Waals surface area contributed by atoms with Crippen molar-refractivity contribution in [2.45, 2.75) is 25.9 Å². The van der Waals surface area contributed by atoms with E-state index in [-0.39, 0.29) is 6.04 Å². The van der Waals surface area contributed by atoms with Gasteiger partial charge in [-0.3, -0.25) is 0 Å². The van der Waals surface area contributed by atoms with Crippen molar-refractivity contribution in [1.82, 2.24) is 14.9 Å². The molecule has 2 heterocycles. The number of nitrogens with one attached hydrogen (secondary N) is 1. The van der Waals surface area contributed by atoms with Gasteiger partial charge in [0.2, 0.25) is 0 Å². The average Bonchev–Trinajstić information content (AvgIpc) is 2.96. The van der Waals surface area contributed by atoms with Crippen molar-refractivity contribution in [2.24, 2.45) is 5.92 Å². The lowest BCUT2D eigenvalue weighted by Gasteiger charge is -2.31. The number of para-hydroxylation sites is 1. The lowest BCUT2D eigenvalue weighted by molar-refractivity contribution is 0.183. The van der Waals surface area contributed by atoms with Crippen LogP contribution >= 0.6 is 0 Å². The standard InChI is InChI=1S/C16H21N3O/c1-3-19-9-8-18-16(19)15(17-2)13-10-12-6-4-5-7-14(12)20-11-13/h4-9,13,15,17H,3,10-11H2,1-2H3. The van der Waals surface area contributed by atoms with E-state index >= 15 is 0 Å². The first-order chi connectivity index (χ1) is 9.83. The number of hydrogen-bond donors (Lipinski definition) is 1. The molecule has 0 aliphatic carbocycles. The third-order valence-electron chi connectivity index (χ3n) is 4.06. The molecular weight excluding hydrogens is 250 g/mol. The van der Waals surface area contributed by atoms with Crippen molar-refractivity contribution in [3.05, 3.63) is 48.0 Å². The highest BCUT2D eigenvalue weighted by Crippen LogP contribution is 2.32. The number of benzene rings is 1. The second kappa shape index (κ2) is 5.67. The molecule has 106 valence electrons. The molecule has 2 unspecified atom stereocenters. The second-order valence-corrected chi connectivity index (χ2v) is 5.22. The fraction of sp³-hybridized carbons (Fsp3) is 0.438. The van der Waals surface area contributed by atoms with Gasteiger partial charge in [-0.05, 0) is 32.0 Å². The molecule has 0 spiro atoms. The van der Waals surface area contributed by atoms with Crippen LogP contribution in [-0.2, 0) is 13.0 Å². The van der Waals surface area contributed by atoms with Gasteiger partial charge in [-0.25, -0.2) is 4.98 Å². The van der Waals surface area contributed by atoms with E-state index in [0.29, 0.717) is 5.92 Å². The smallest absolute Gasteiger partial charge is 0.126 e. The number of rotatable bonds is 4. The minimum atomic E-state index is 0.221. The van der Waals surface area contributed by atoms with Gasteiger partial charge in [-0.1, -0.05) is 18.2 Å². The SMILES string of the molecule is CCn1ccnc1C(NC)C1COc2ccccc2C1. The monoisotopic (exact) mass is 271 g/mol. The highest BCUT2D eigenvalue weighted by Gasteiger charge is 2.29. The van der Waals surface area contributed by atoms with E-state index in [0.717, 1.165) is 31.1 Å². The molecule has 4 heteroatoms. The van der Waals surface area contributed by atoms with E-state index in [9.17, 15) is 0 Å². The van der Waals surface area contributed by atoms with Crippen LogP contribution < -0.4 is 10.1 Å². The van der Waals surface area contributed by atoms with Crippen molar-refractivity contribution >= 4 is 0 Å². The van der Waals surface area contributed by atoms with E-state index in [4.69, 9.17) is 4.74 Å². The summed E-state index contributed by atoms with van der Waals surface area (Å²) in [4.78, 5) is 4.53. The summed E-state index contributed by atoms with van der Waals surface area (Å²) in [5.74, 6) is 2.53. The van der Waals surface area contributed by atoms with Gasteiger partial charge in [-0.15, -0.1) is 0 Å². The predicted molar refractivity (Wildman–Crippen MR) is 78.8 cm³/mol. The third kappa shape index (κ3) is 2.31. The van der Waals surface area contributed by atoms with Crippen LogP contribution in [0, 0.1) is 5.92 Å². The number of aryl methyl sites for hydroxylation is 1. The molecule has 0 fully saturated rings. The molecule has 20 heavy (non-hydrogen) atoms. The molecule has 1 N–H and O–H groups in total. The zero-order chi connectivity index (χ0) is 13.9. The van der Waals surface area contributed by atoms with Crippen LogP contribution in [0.4, 0.5) is 0 Å². The summed E-state index contributed by atoms with van der Waals surface area (Å²) < 4.78 is 8.11. The molecule has 0 radical (unpaired) electrons. The van der Waals surface area contributed by atoms with Crippen molar-refractivity contribution in [3.63, 3.8) is 0 Å². The Kier molecular flexibility index (Phi) is 3.74. The van der Waals surface area contributed by atoms with Crippen LogP contribution in [0.3, 0.4) is 0 Å². The highest BCUT2D eigenvalue weighted by molar-refractivity contribution is 5.35. The molecule has 1 aromatic heterocycles. The quantitative estimate of drug-likeness (QED) is 0.928. The summed E-state index contributed by atoms with van der Waals surface area (Å²) in [6.07, 6.45) is 4.94. The average molecular weight is 271 g/mol. The Balaban J connectivity index is 1.85. The van der Waals surface area contributed by atoms with Crippen molar-refractivity contribution in [3.8, 4) is 5.75 Å². The van der Waals surface area contributed by atoms with Gasteiger partial charge in [0.25, 0.3) is 0 Å². The first-order valence-corrected chi connectivity index (χ1v) is 7.22. The van der Waals surface area contributed by atoms with Gasteiger partial charge in [0, 0.05) is 24.9 Å². The van der Waals surface area contributed by atoms with Crippen LogP contribution in [0.2, 0.25) is 0 Å². The molecule has 0 saturated carbocycles. The van der Waals surface area contributed by atoms with E-state index in [2.05, 4.69) is 33.9 Å². The third-order valence-corrected chi connectivity index (χ3v) is 4.06. The Bertz CT molecular complexity index is 579. The first kappa shape index (κ1) is 13.2. The number of hydrogen-bond acceptors (Lipinski definition) is 3. The molecule has 2 aromatic rings. The number of aromatic nitrogens is 2. The molecular formula is C16H21N3O. The largest absolute Gasteiger partial charge is 0.493 e. The number of fused-ring (bicyclic) bond motifs is 1. The fourth-order valence-electron chi connectivity index (χ4n) is 3.01. The maximum atomic E-state index is 5.91. The van der Waals surface area contributed by atoms with Gasteiger partial charge in [0.05, 0.1) is 12.6 Å². The van der Waals surface area contributed by atoms with Gasteiger partial charge in [0.15, 0.2) is 0 Å². The summed E-state index contributed by atoms with van der Waals surface area (Å²) in [7, 11) is 2.00. The predicted octanol–water partition coefficient (Wildman–Crippen LogP) is 2.41. The van der Waals surface area contributed by atoms with Crippen LogP contribution in [0.25, 0.3) is 0 Å². The highest BCUT2D eigenvalue weighted by atomic mass is 16.5. The number of ether oxygens (including phenoxy) is 1. The summed E-state index contributed by atoms with van der Waals surface area (Å²) >= 11 is 0. The van der Waals surface area contributed by atoms with E-state index in [1.165, 1.54) is 5.56 Å². The molecule has 1 aromatic carbocycles. The van der Waals surface area contributed by atoms with Gasteiger partial charge < -0.3 is 14.6 Å². The molecule has 2 atom stereocenters. The Morgan fingerprint density at radius 2 is 2.30 bits per heavy atom. The van der Waals surface area contributed by atoms with Crippen LogP contribution in [-0.4, -0.2) is 23.2 Å². The minimum absolute atomic E-state index is 0.221. The fourth-order valence-corrected chi connectivity index (χ4v) is 3.01. The van der Waals surface area contributed by atoms with Gasteiger partial charge in [0.1, 0.15) is 11.6 Å². The summed E-state index contributed by atoms with van der Waals surface area (Å²) in [6, 6.07) is 8.52. The molecule has 3 rings (SSSR count). The van der Waals surface area contributed by atoms with Crippen molar-refractivity contribution < 1.29 is 4.74 Å². The lowest BCUT2D eigenvalue weighted by atomic mass is 9.90. The van der Waals surface area contributed by atoms with Gasteiger partial charge in [-0.2, -0.15) is 0 Å². The Hall–Kier alpha value is -1.81. The Morgan fingerprint density at radius 3 is 3.10 bits per heavy atom. The molecule has 0 saturated heterocycles. The van der Waals surface area contributed by atoms with E-state index in [1.807, 2.05) is 31.6 Å². The number of imidazole rings is 1.